The van der Waals surface area contributed by atoms with E-state index in [1.165, 1.54) is 10.7 Å². The Morgan fingerprint density at radius 2 is 1.90 bits per heavy atom. The second-order valence-corrected chi connectivity index (χ2v) is 13.6. The molecule has 3 heterocycles. The number of fused-ring (bicyclic) bond motifs is 2. The number of anilines is 2. The van der Waals surface area contributed by atoms with Gasteiger partial charge in [0.2, 0.25) is 11.8 Å². The maximum absolute atomic E-state index is 15.9. The van der Waals surface area contributed by atoms with Crippen molar-refractivity contribution in [1.29, 1.82) is 0 Å². The zero-order valence-corrected chi connectivity index (χ0v) is 25.1. The molecule has 0 bridgehead atoms. The molecule has 0 unspecified atom stereocenters. The van der Waals surface area contributed by atoms with Crippen molar-refractivity contribution in [3.63, 3.8) is 0 Å². The predicted molar refractivity (Wildman–Crippen MR) is 158 cm³/mol. The van der Waals surface area contributed by atoms with Crippen LogP contribution in [0.5, 0.6) is 0 Å². The van der Waals surface area contributed by atoms with Crippen molar-refractivity contribution < 1.29 is 19.1 Å². The van der Waals surface area contributed by atoms with Crippen molar-refractivity contribution in [2.24, 2.45) is 5.41 Å². The fourth-order valence-corrected chi connectivity index (χ4v) is 6.62. The molecule has 41 heavy (non-hydrogen) atoms. The Kier molecular flexibility index (Phi) is 7.47. The van der Waals surface area contributed by atoms with E-state index in [0.29, 0.717) is 22.7 Å². The molecule has 3 aromatic rings. The number of aromatic nitrogens is 2. The molecule has 1 spiro atoms. The molecule has 0 saturated carbocycles. The lowest BCUT2D eigenvalue weighted by Crippen LogP contribution is -2.49. The number of carbonyl (C=O) groups excluding carboxylic acids is 2. The topological polar surface area (TPSA) is 108 Å². The van der Waals surface area contributed by atoms with Gasteiger partial charge in [0.05, 0.1) is 23.2 Å². The lowest BCUT2D eigenvalue weighted by Gasteiger charge is -2.37. The summed E-state index contributed by atoms with van der Waals surface area (Å²) in [5, 5.41) is 24.1. The standard InChI is InChI=1S/C30H34Cl2FN5O3/c1-28(2,3)14-21-30(18-10-9-16(31)13-20(18)34-27(30)40)23(17-7-6-8-19(32)24(17)33)25(35-21)26(39)36-22-11-12-38(37-22)15-29(4,5)41/h6-13,21,23,25,35,41H,14-15H2,1-5H3,(H,34,40)(H,36,37,39)/t21-,23-,25+,30+/m0/s1. The first kappa shape index (κ1) is 29.5. The summed E-state index contributed by atoms with van der Waals surface area (Å²) < 4.78 is 17.4. The van der Waals surface area contributed by atoms with E-state index < -0.39 is 40.7 Å². The summed E-state index contributed by atoms with van der Waals surface area (Å²) in [6.07, 6.45) is 2.16. The molecule has 2 amide bonds. The Morgan fingerprint density at radius 3 is 2.59 bits per heavy atom. The van der Waals surface area contributed by atoms with Crippen molar-refractivity contribution >= 4 is 46.5 Å². The van der Waals surface area contributed by atoms with E-state index in [1.807, 2.05) is 0 Å². The van der Waals surface area contributed by atoms with Gasteiger partial charge in [-0.05, 0) is 55.0 Å². The number of halogens is 3. The number of amides is 2. The molecular formula is C30H34Cl2FN5O3. The third-order valence-corrected chi connectivity index (χ3v) is 8.19. The highest BCUT2D eigenvalue weighted by Crippen LogP contribution is 2.57. The van der Waals surface area contributed by atoms with Gasteiger partial charge in [0, 0.05) is 34.9 Å². The summed E-state index contributed by atoms with van der Waals surface area (Å²) in [4.78, 5) is 28.2. The van der Waals surface area contributed by atoms with E-state index in [4.69, 9.17) is 23.2 Å². The van der Waals surface area contributed by atoms with Crippen LogP contribution in [0.25, 0.3) is 0 Å². The number of aliphatic hydroxyl groups is 1. The summed E-state index contributed by atoms with van der Waals surface area (Å²) in [6.45, 7) is 9.69. The van der Waals surface area contributed by atoms with Crippen LogP contribution in [0, 0.1) is 11.2 Å². The van der Waals surface area contributed by atoms with Gasteiger partial charge in [0.25, 0.3) is 0 Å². The lowest BCUT2D eigenvalue weighted by atomic mass is 9.62. The summed E-state index contributed by atoms with van der Waals surface area (Å²) in [7, 11) is 0. The predicted octanol–water partition coefficient (Wildman–Crippen LogP) is 5.49. The molecule has 1 saturated heterocycles. The molecular weight excluding hydrogens is 568 g/mol. The summed E-state index contributed by atoms with van der Waals surface area (Å²) >= 11 is 12.5. The van der Waals surface area contributed by atoms with Crippen LogP contribution in [0.1, 0.15) is 58.1 Å². The fourth-order valence-electron chi connectivity index (χ4n) is 6.27. The Balaban J connectivity index is 1.65. The van der Waals surface area contributed by atoms with Crippen LogP contribution in [0.15, 0.2) is 48.7 Å². The number of hydrogen-bond acceptors (Lipinski definition) is 5. The van der Waals surface area contributed by atoms with Gasteiger partial charge in [0.15, 0.2) is 5.82 Å². The Hall–Kier alpha value is -2.98. The van der Waals surface area contributed by atoms with Gasteiger partial charge < -0.3 is 21.1 Å². The first-order chi connectivity index (χ1) is 19.1. The van der Waals surface area contributed by atoms with Crippen LogP contribution < -0.4 is 16.0 Å². The lowest BCUT2D eigenvalue weighted by molar-refractivity contribution is -0.122. The van der Waals surface area contributed by atoms with Gasteiger partial charge in [-0.1, -0.05) is 62.2 Å². The molecule has 4 atom stereocenters. The molecule has 2 aromatic carbocycles. The zero-order chi connectivity index (χ0) is 29.9. The minimum Gasteiger partial charge on any atom is -0.389 e. The molecule has 11 heteroatoms. The van der Waals surface area contributed by atoms with Gasteiger partial charge in [0.1, 0.15) is 11.2 Å². The van der Waals surface area contributed by atoms with Crippen LogP contribution >= 0.6 is 23.2 Å². The molecule has 2 aliphatic rings. The first-order valence-electron chi connectivity index (χ1n) is 13.5. The molecule has 5 rings (SSSR count). The normalized spacial score (nSPS) is 24.0. The molecule has 218 valence electrons. The second-order valence-electron chi connectivity index (χ2n) is 12.8. The zero-order valence-electron chi connectivity index (χ0n) is 23.6. The highest BCUT2D eigenvalue weighted by atomic mass is 35.5. The minimum atomic E-state index is -1.35. The summed E-state index contributed by atoms with van der Waals surface area (Å²) in [6, 6.07) is 9.84. The molecule has 4 N–H and O–H groups in total. The summed E-state index contributed by atoms with van der Waals surface area (Å²) in [5.74, 6) is -2.20. The van der Waals surface area contributed by atoms with Crippen molar-refractivity contribution in [2.75, 3.05) is 10.6 Å². The Labute approximate surface area is 248 Å². The van der Waals surface area contributed by atoms with E-state index >= 15 is 4.39 Å². The quantitative estimate of drug-likeness (QED) is 0.299. The van der Waals surface area contributed by atoms with E-state index in [1.54, 1.807) is 56.4 Å². The first-order valence-corrected chi connectivity index (χ1v) is 14.2. The highest BCUT2D eigenvalue weighted by molar-refractivity contribution is 6.31. The smallest absolute Gasteiger partial charge is 0.243 e. The van der Waals surface area contributed by atoms with Crippen LogP contribution in [-0.2, 0) is 21.5 Å². The SMILES string of the molecule is CC(C)(C)C[C@@H]1N[C@@H](C(=O)Nc2ccn(CC(C)(C)O)n2)[C@H](c2cccc(Cl)c2F)[C@]12C(=O)Nc1cc(Cl)ccc12. The number of hydrogen-bond donors (Lipinski definition) is 4. The van der Waals surface area contributed by atoms with E-state index in [0.717, 1.165) is 0 Å². The van der Waals surface area contributed by atoms with Crippen LogP contribution in [0.2, 0.25) is 10.0 Å². The molecule has 8 nitrogen and oxygen atoms in total. The largest absolute Gasteiger partial charge is 0.389 e. The average Bonchev–Trinajstić information content (AvgIpc) is 3.49. The molecule has 1 aromatic heterocycles. The molecule has 0 aliphatic carbocycles. The Bertz CT molecular complexity index is 1510. The van der Waals surface area contributed by atoms with Gasteiger partial charge >= 0.3 is 0 Å². The number of rotatable bonds is 6. The van der Waals surface area contributed by atoms with E-state index in [2.05, 4.69) is 41.8 Å². The number of nitrogens with zero attached hydrogens (tertiary/aromatic N) is 2. The number of nitrogens with one attached hydrogen (secondary N) is 3. The van der Waals surface area contributed by atoms with Gasteiger partial charge in [-0.15, -0.1) is 0 Å². The van der Waals surface area contributed by atoms with Crippen LogP contribution in [-0.4, -0.2) is 44.4 Å². The van der Waals surface area contributed by atoms with Crippen molar-refractivity contribution in [3.05, 3.63) is 75.7 Å². The average molecular weight is 603 g/mol. The second kappa shape index (κ2) is 10.4. The minimum absolute atomic E-state index is 0.101. The molecule has 1 fully saturated rings. The number of carbonyl (C=O) groups is 2. The van der Waals surface area contributed by atoms with Crippen molar-refractivity contribution in [2.45, 2.75) is 76.6 Å². The molecule has 0 radical (unpaired) electrons. The van der Waals surface area contributed by atoms with Gasteiger partial charge in [-0.2, -0.15) is 5.10 Å². The van der Waals surface area contributed by atoms with Gasteiger partial charge in [-0.3, -0.25) is 14.3 Å². The summed E-state index contributed by atoms with van der Waals surface area (Å²) in [5.41, 5.74) is -1.27. The van der Waals surface area contributed by atoms with Crippen molar-refractivity contribution in [3.8, 4) is 0 Å². The highest BCUT2D eigenvalue weighted by Gasteiger charge is 2.66. The van der Waals surface area contributed by atoms with Crippen LogP contribution in [0.3, 0.4) is 0 Å². The molecule has 2 aliphatic heterocycles. The Morgan fingerprint density at radius 1 is 1.17 bits per heavy atom. The van der Waals surface area contributed by atoms with E-state index in [-0.39, 0.29) is 34.3 Å². The van der Waals surface area contributed by atoms with Crippen LogP contribution in [0.4, 0.5) is 15.9 Å². The fraction of sp³-hybridized carbons (Fsp3) is 0.433. The maximum atomic E-state index is 15.9. The van der Waals surface area contributed by atoms with Gasteiger partial charge in [-0.25, -0.2) is 4.39 Å². The van der Waals surface area contributed by atoms with E-state index in [9.17, 15) is 14.7 Å². The third kappa shape index (κ3) is 5.48. The monoisotopic (exact) mass is 601 g/mol. The number of benzene rings is 2. The third-order valence-electron chi connectivity index (χ3n) is 7.66. The van der Waals surface area contributed by atoms with Crippen molar-refractivity contribution in [1.82, 2.24) is 15.1 Å². The maximum Gasteiger partial charge on any atom is 0.243 e.